The minimum atomic E-state index is -4.83. The number of piperidine rings is 1. The standard InChI is InChI=1S/C36H38F3N5O5S2/c1-35(12-13-35)51(46,47)43-33(45)21-14-26(19-6-7-19)31-29(15-21)50-34(41-31)44-23-10-11-24(44)17-22(16-23)40-18-27-30(42-49-32(27)20-8-9-20)25-4-2-3-5-28(25)48-36(37,38)39/h2-5,14-15,19-20,22-24,40H,6-13,16-18H2,1H3,(H,43,45). The highest BCUT2D eigenvalue weighted by molar-refractivity contribution is 7.91. The number of hydrogen-bond donors (Lipinski definition) is 2. The normalized spacial score (nSPS) is 24.2. The number of carbonyl (C=O) groups excluding carboxylic acids is 1. The maximum Gasteiger partial charge on any atom is 0.573 e. The molecule has 4 heterocycles. The van der Waals surface area contributed by atoms with Crippen LogP contribution in [0, 0.1) is 0 Å². The van der Waals surface area contributed by atoms with Crippen LogP contribution in [0.25, 0.3) is 21.5 Å². The van der Waals surface area contributed by atoms with E-state index >= 15 is 0 Å². The fourth-order valence-corrected chi connectivity index (χ4v) is 10.3. The number of sulfonamides is 1. The number of aromatic nitrogens is 2. The third kappa shape index (κ3) is 6.28. The summed E-state index contributed by atoms with van der Waals surface area (Å²) >= 11 is 1.56. The second kappa shape index (κ2) is 11.9. The molecule has 10 nitrogen and oxygen atoms in total. The summed E-state index contributed by atoms with van der Waals surface area (Å²) in [6, 6.07) is 10.3. The molecule has 0 spiro atoms. The fraction of sp³-hybridized carbons (Fsp3) is 0.528. The minimum absolute atomic E-state index is 0.178. The van der Waals surface area contributed by atoms with Crippen LogP contribution < -0.4 is 19.7 Å². The lowest BCUT2D eigenvalue weighted by Crippen LogP contribution is -2.49. The van der Waals surface area contributed by atoms with Crippen molar-refractivity contribution in [1.82, 2.24) is 20.2 Å². The Bertz CT molecular complexity index is 2120. The van der Waals surface area contributed by atoms with Crippen LogP contribution >= 0.6 is 11.3 Å². The molecular formula is C36H38F3N5O5S2. The number of nitrogens with zero attached hydrogens (tertiary/aromatic N) is 3. The van der Waals surface area contributed by atoms with Gasteiger partial charge in [0.05, 0.1) is 15.0 Å². The second-order valence-electron chi connectivity index (χ2n) is 15.1. The van der Waals surface area contributed by atoms with E-state index in [1.807, 2.05) is 6.07 Å². The van der Waals surface area contributed by atoms with Crippen molar-refractivity contribution >= 4 is 42.6 Å². The number of para-hydroxylation sites is 1. The highest BCUT2D eigenvalue weighted by Gasteiger charge is 2.51. The Kier molecular flexibility index (Phi) is 7.75. The number of carbonyl (C=O) groups is 1. The number of rotatable bonds is 11. The van der Waals surface area contributed by atoms with Crippen molar-refractivity contribution in [3.05, 3.63) is 58.8 Å². The Balaban J connectivity index is 0.936. The lowest BCUT2D eigenvalue weighted by atomic mass is 9.97. The molecule has 3 saturated carbocycles. The van der Waals surface area contributed by atoms with Crippen molar-refractivity contribution in [1.29, 1.82) is 0 Å². The van der Waals surface area contributed by atoms with Crippen molar-refractivity contribution in [3.63, 3.8) is 0 Å². The molecule has 9 rings (SSSR count). The zero-order valence-corrected chi connectivity index (χ0v) is 29.6. The molecule has 4 aromatic rings. The molecule has 3 aliphatic carbocycles. The van der Waals surface area contributed by atoms with E-state index in [2.05, 4.69) is 24.8 Å². The van der Waals surface area contributed by atoms with Gasteiger partial charge in [-0.05, 0) is 107 Å². The summed E-state index contributed by atoms with van der Waals surface area (Å²) in [4.78, 5) is 20.8. The summed E-state index contributed by atoms with van der Waals surface area (Å²) in [5.41, 5.74) is 3.66. The van der Waals surface area contributed by atoms with Crippen molar-refractivity contribution < 1.29 is 35.6 Å². The van der Waals surface area contributed by atoms with Gasteiger partial charge in [-0.25, -0.2) is 18.1 Å². The molecule has 270 valence electrons. The van der Waals surface area contributed by atoms with Crippen molar-refractivity contribution in [2.45, 2.75) is 119 Å². The van der Waals surface area contributed by atoms with Crippen LogP contribution in [0.1, 0.15) is 110 Å². The first-order valence-corrected chi connectivity index (χ1v) is 20.0. The number of hydrogen-bond acceptors (Lipinski definition) is 10. The average molecular weight is 742 g/mol. The average Bonchev–Trinajstić information content (AvgIpc) is 4.02. The quantitative estimate of drug-likeness (QED) is 0.161. The molecule has 2 bridgehead atoms. The van der Waals surface area contributed by atoms with Gasteiger partial charge in [-0.1, -0.05) is 28.6 Å². The maximum atomic E-state index is 13.2. The first-order valence-electron chi connectivity index (χ1n) is 17.7. The maximum absolute atomic E-state index is 13.2. The molecule has 51 heavy (non-hydrogen) atoms. The number of amides is 1. The molecule has 2 atom stereocenters. The summed E-state index contributed by atoms with van der Waals surface area (Å²) in [6.07, 6.45) is 4.01. The molecule has 2 aliphatic heterocycles. The molecule has 5 aliphatic rings. The van der Waals surface area contributed by atoms with Gasteiger partial charge in [-0.3, -0.25) is 4.79 Å². The lowest BCUT2D eigenvalue weighted by molar-refractivity contribution is -0.274. The molecule has 5 fully saturated rings. The smallest absolute Gasteiger partial charge is 0.405 e. The van der Waals surface area contributed by atoms with Crippen molar-refractivity contribution in [2.24, 2.45) is 0 Å². The van der Waals surface area contributed by atoms with Gasteiger partial charge < -0.3 is 19.5 Å². The number of anilines is 1. The Morgan fingerprint density at radius 3 is 2.43 bits per heavy atom. The molecule has 2 unspecified atom stereocenters. The highest BCUT2D eigenvalue weighted by atomic mass is 32.2. The summed E-state index contributed by atoms with van der Waals surface area (Å²) in [7, 11) is -3.76. The van der Waals surface area contributed by atoms with E-state index in [4.69, 9.17) is 9.51 Å². The van der Waals surface area contributed by atoms with E-state index in [-0.39, 0.29) is 35.4 Å². The molecule has 0 radical (unpaired) electrons. The van der Waals surface area contributed by atoms with E-state index in [0.717, 1.165) is 83.6 Å². The van der Waals surface area contributed by atoms with Crippen LogP contribution in [0.15, 0.2) is 40.9 Å². The zero-order chi connectivity index (χ0) is 35.3. The number of nitrogens with one attached hydrogen (secondary N) is 2. The fourth-order valence-electron chi connectivity index (χ4n) is 7.89. The molecular weight excluding hydrogens is 704 g/mol. The van der Waals surface area contributed by atoms with Crippen LogP contribution in [0.3, 0.4) is 0 Å². The number of thiazole rings is 1. The van der Waals surface area contributed by atoms with E-state index < -0.39 is 27.0 Å². The summed E-state index contributed by atoms with van der Waals surface area (Å²) in [5, 5.41) is 8.89. The van der Waals surface area contributed by atoms with Crippen LogP contribution in [-0.4, -0.2) is 53.7 Å². The first-order chi connectivity index (χ1) is 24.4. The van der Waals surface area contributed by atoms with Crippen LogP contribution in [0.4, 0.5) is 18.3 Å². The third-order valence-electron chi connectivity index (χ3n) is 11.3. The van der Waals surface area contributed by atoms with Crippen LogP contribution in [0.5, 0.6) is 5.75 Å². The molecule has 2 N–H and O–H groups in total. The Hall–Kier alpha value is -3.69. The number of alkyl halides is 3. The Morgan fingerprint density at radius 1 is 1.06 bits per heavy atom. The van der Waals surface area contributed by atoms with E-state index in [9.17, 15) is 26.4 Å². The minimum Gasteiger partial charge on any atom is -0.405 e. The Morgan fingerprint density at radius 2 is 1.76 bits per heavy atom. The van der Waals surface area contributed by atoms with Crippen LogP contribution in [0.2, 0.25) is 0 Å². The topological polar surface area (TPSA) is 127 Å². The van der Waals surface area contributed by atoms with Gasteiger partial charge in [0.1, 0.15) is 17.2 Å². The van der Waals surface area contributed by atoms with E-state index in [1.165, 1.54) is 12.1 Å². The lowest BCUT2D eigenvalue weighted by Gasteiger charge is -2.39. The largest absolute Gasteiger partial charge is 0.573 e. The van der Waals surface area contributed by atoms with Gasteiger partial charge in [-0.15, -0.1) is 13.2 Å². The van der Waals surface area contributed by atoms with Gasteiger partial charge in [0.2, 0.25) is 10.0 Å². The molecule has 2 aromatic heterocycles. The molecule has 15 heteroatoms. The second-order valence-corrected chi connectivity index (χ2v) is 18.3. The predicted octanol–water partition coefficient (Wildman–Crippen LogP) is 7.51. The Labute approximate surface area is 297 Å². The van der Waals surface area contributed by atoms with Gasteiger partial charge in [0, 0.05) is 47.3 Å². The molecule has 2 aromatic carbocycles. The summed E-state index contributed by atoms with van der Waals surface area (Å²) < 4.78 is 77.8. The molecule has 2 saturated heterocycles. The number of halogens is 3. The first kappa shape index (κ1) is 33.2. The van der Waals surface area contributed by atoms with Gasteiger partial charge >= 0.3 is 6.36 Å². The zero-order valence-electron chi connectivity index (χ0n) is 28.0. The van der Waals surface area contributed by atoms with E-state index in [0.29, 0.717) is 36.6 Å². The van der Waals surface area contributed by atoms with Crippen molar-refractivity contribution in [3.8, 4) is 17.0 Å². The van der Waals surface area contributed by atoms with Gasteiger partial charge in [-0.2, -0.15) is 0 Å². The number of benzene rings is 2. The molecule has 1 amide bonds. The highest BCUT2D eigenvalue weighted by Crippen LogP contribution is 2.49. The monoisotopic (exact) mass is 741 g/mol. The number of fused-ring (bicyclic) bond motifs is 3. The van der Waals surface area contributed by atoms with Gasteiger partial charge in [0.15, 0.2) is 5.13 Å². The number of ether oxygens (including phenoxy) is 1. The third-order valence-corrected chi connectivity index (χ3v) is 14.5. The van der Waals surface area contributed by atoms with Crippen LogP contribution in [-0.2, 0) is 16.6 Å². The van der Waals surface area contributed by atoms with E-state index in [1.54, 1.807) is 36.5 Å². The van der Waals surface area contributed by atoms with Gasteiger partial charge in [0.25, 0.3) is 5.91 Å². The predicted molar refractivity (Wildman–Crippen MR) is 185 cm³/mol. The van der Waals surface area contributed by atoms with Crippen molar-refractivity contribution in [2.75, 3.05) is 4.90 Å². The SMILES string of the molecule is CC1(S(=O)(=O)NC(=O)c2cc(C3CC3)c3nc(N4C5CCC4CC(NCc4c(-c6ccccc6OC(F)(F)F)noc4C4CC4)C5)sc3c2)CC1. The summed E-state index contributed by atoms with van der Waals surface area (Å²) in [5.74, 6) is 0.362. The summed E-state index contributed by atoms with van der Waals surface area (Å²) in [6.45, 7) is 2.08.